The molecule has 0 aromatic heterocycles. The first-order valence-corrected chi connectivity index (χ1v) is 23.7. The van der Waals surface area contributed by atoms with Crippen LogP contribution in [0.4, 0.5) is 0 Å². The standard InChI is InChI=1S/C17H36O4Si5/c1-22(2,17-13-11-10-12-14-17)15-16-26(9)20-24(5,6)18-23(3,4)19-25(7,8)21-26/h10-14H,15-16H2,1-9H3. The summed E-state index contributed by atoms with van der Waals surface area (Å²) in [5.74, 6) is 0. The monoisotopic (exact) mass is 444 g/mol. The molecule has 0 radical (unpaired) electrons. The lowest BCUT2D eigenvalue weighted by molar-refractivity contribution is 0.235. The molecule has 0 bridgehead atoms. The van der Waals surface area contributed by atoms with Crippen molar-refractivity contribution in [3.05, 3.63) is 30.3 Å². The topological polar surface area (TPSA) is 36.9 Å². The summed E-state index contributed by atoms with van der Waals surface area (Å²) in [5.41, 5.74) is 0. The summed E-state index contributed by atoms with van der Waals surface area (Å²) >= 11 is 0. The Hall–Kier alpha value is 0.144. The zero-order valence-electron chi connectivity index (χ0n) is 17.9. The third-order valence-electron chi connectivity index (χ3n) is 4.67. The van der Waals surface area contributed by atoms with Crippen LogP contribution in [-0.2, 0) is 16.5 Å². The largest absolute Gasteiger partial charge is 0.416 e. The predicted octanol–water partition coefficient (Wildman–Crippen LogP) is 4.86. The van der Waals surface area contributed by atoms with E-state index in [0.29, 0.717) is 0 Å². The Morgan fingerprint density at radius 2 is 1.12 bits per heavy atom. The molecule has 0 N–H and O–H groups in total. The van der Waals surface area contributed by atoms with E-state index in [4.69, 9.17) is 16.5 Å². The minimum Gasteiger partial charge on any atom is -0.416 e. The highest BCUT2D eigenvalue weighted by Gasteiger charge is 2.52. The SMILES string of the molecule is C[Si]1(C)O[Si](C)(C)O[Si](C)(CC[Si](C)(C)c2ccccc2)O[Si](C)(C)O1. The van der Waals surface area contributed by atoms with Crippen molar-refractivity contribution in [1.82, 2.24) is 0 Å². The van der Waals surface area contributed by atoms with Gasteiger partial charge in [0.05, 0.1) is 8.07 Å². The molecule has 0 unspecified atom stereocenters. The van der Waals surface area contributed by atoms with Gasteiger partial charge in [-0.2, -0.15) is 0 Å². The molecule has 148 valence electrons. The minimum atomic E-state index is -2.36. The Balaban J connectivity index is 2.20. The van der Waals surface area contributed by atoms with Crippen LogP contribution in [-0.4, -0.2) is 42.3 Å². The zero-order chi connectivity index (χ0) is 19.9. The van der Waals surface area contributed by atoms with Gasteiger partial charge in [0, 0.05) is 0 Å². The molecule has 0 aliphatic carbocycles. The van der Waals surface area contributed by atoms with Gasteiger partial charge in [-0.3, -0.25) is 0 Å². The van der Waals surface area contributed by atoms with Crippen LogP contribution in [0.25, 0.3) is 0 Å². The fourth-order valence-electron chi connectivity index (χ4n) is 3.98. The molecule has 0 spiro atoms. The van der Waals surface area contributed by atoms with Crippen LogP contribution in [0.2, 0.25) is 71.0 Å². The fourth-order valence-corrected chi connectivity index (χ4v) is 30.5. The molecule has 1 aliphatic rings. The second kappa shape index (κ2) is 7.52. The number of hydrogen-bond donors (Lipinski definition) is 0. The average molecular weight is 445 g/mol. The van der Waals surface area contributed by atoms with Gasteiger partial charge in [-0.1, -0.05) is 54.7 Å². The van der Waals surface area contributed by atoms with Gasteiger partial charge in [-0.05, 0) is 51.9 Å². The Morgan fingerprint density at radius 1 is 0.692 bits per heavy atom. The van der Waals surface area contributed by atoms with Crippen molar-refractivity contribution in [3.8, 4) is 0 Å². The highest BCUT2D eigenvalue weighted by molar-refractivity contribution is 6.94. The lowest BCUT2D eigenvalue weighted by Gasteiger charge is -2.48. The third-order valence-corrected chi connectivity index (χ3v) is 25.0. The van der Waals surface area contributed by atoms with Gasteiger partial charge in [0.25, 0.3) is 0 Å². The van der Waals surface area contributed by atoms with Crippen molar-refractivity contribution in [2.45, 2.75) is 71.0 Å². The quantitative estimate of drug-likeness (QED) is 0.621. The second-order valence-corrected chi connectivity index (χ2v) is 28.8. The van der Waals surface area contributed by atoms with E-state index in [1.165, 1.54) is 5.19 Å². The maximum absolute atomic E-state index is 6.71. The molecular formula is C17H36O4Si5. The maximum atomic E-state index is 6.71. The van der Waals surface area contributed by atoms with Crippen molar-refractivity contribution >= 4 is 47.5 Å². The van der Waals surface area contributed by atoms with Crippen molar-refractivity contribution in [2.75, 3.05) is 0 Å². The van der Waals surface area contributed by atoms with Gasteiger partial charge >= 0.3 is 34.2 Å². The molecule has 26 heavy (non-hydrogen) atoms. The summed E-state index contributed by atoms with van der Waals surface area (Å²) in [4.78, 5) is 0. The predicted molar refractivity (Wildman–Crippen MR) is 122 cm³/mol. The van der Waals surface area contributed by atoms with Crippen LogP contribution in [0.3, 0.4) is 0 Å². The fraction of sp³-hybridized carbons (Fsp3) is 0.647. The molecule has 9 heteroatoms. The first kappa shape index (κ1) is 22.4. The first-order valence-electron chi connectivity index (χ1n) is 9.50. The Bertz CT molecular complexity index is 597. The van der Waals surface area contributed by atoms with Crippen molar-refractivity contribution in [3.63, 3.8) is 0 Å². The van der Waals surface area contributed by atoms with Crippen LogP contribution in [0, 0.1) is 0 Å². The van der Waals surface area contributed by atoms with Gasteiger partial charge in [0.1, 0.15) is 0 Å². The van der Waals surface area contributed by atoms with Crippen molar-refractivity contribution < 1.29 is 16.5 Å². The Morgan fingerprint density at radius 3 is 1.58 bits per heavy atom. The highest BCUT2D eigenvalue weighted by Crippen LogP contribution is 2.34. The maximum Gasteiger partial charge on any atom is 0.317 e. The van der Waals surface area contributed by atoms with E-state index in [1.807, 2.05) is 0 Å². The van der Waals surface area contributed by atoms with Gasteiger partial charge in [-0.15, -0.1) is 0 Å². The van der Waals surface area contributed by atoms with Gasteiger partial charge in [-0.25, -0.2) is 0 Å². The van der Waals surface area contributed by atoms with Crippen LogP contribution in [0.1, 0.15) is 0 Å². The summed E-state index contributed by atoms with van der Waals surface area (Å²) in [5, 5.41) is 1.50. The van der Waals surface area contributed by atoms with Crippen molar-refractivity contribution in [2.24, 2.45) is 0 Å². The molecule has 1 aromatic carbocycles. The minimum absolute atomic E-state index is 1.00. The van der Waals surface area contributed by atoms with E-state index in [2.05, 4.69) is 89.3 Å². The van der Waals surface area contributed by atoms with E-state index in [-0.39, 0.29) is 0 Å². The number of hydrogen-bond acceptors (Lipinski definition) is 4. The molecular weight excluding hydrogens is 409 g/mol. The van der Waals surface area contributed by atoms with E-state index in [1.54, 1.807) is 0 Å². The second-order valence-electron chi connectivity index (χ2n) is 9.49. The van der Waals surface area contributed by atoms with E-state index < -0.39 is 42.3 Å². The summed E-state index contributed by atoms with van der Waals surface area (Å²) in [6, 6.07) is 13.1. The summed E-state index contributed by atoms with van der Waals surface area (Å²) < 4.78 is 26.3. The molecule has 1 heterocycles. The summed E-state index contributed by atoms with van der Waals surface area (Å²) in [6.07, 6.45) is 0. The lowest BCUT2D eigenvalue weighted by Crippen LogP contribution is -2.65. The molecule has 4 nitrogen and oxygen atoms in total. The number of rotatable bonds is 4. The zero-order valence-corrected chi connectivity index (χ0v) is 22.9. The lowest BCUT2D eigenvalue weighted by atomic mass is 10.4. The molecule has 2 rings (SSSR count). The van der Waals surface area contributed by atoms with Gasteiger partial charge < -0.3 is 16.5 Å². The Kier molecular flexibility index (Phi) is 6.49. The molecule has 0 saturated carbocycles. The molecule has 1 aliphatic heterocycles. The van der Waals surface area contributed by atoms with Crippen molar-refractivity contribution in [1.29, 1.82) is 0 Å². The van der Waals surface area contributed by atoms with E-state index in [9.17, 15) is 0 Å². The third kappa shape index (κ3) is 6.35. The van der Waals surface area contributed by atoms with Crippen LogP contribution in [0.15, 0.2) is 30.3 Å². The number of benzene rings is 1. The molecule has 1 fully saturated rings. The summed E-state index contributed by atoms with van der Waals surface area (Å²) in [6.45, 7) is 19.9. The van der Waals surface area contributed by atoms with Crippen LogP contribution in [0.5, 0.6) is 0 Å². The summed E-state index contributed by atoms with van der Waals surface area (Å²) in [7, 11) is -10.6. The normalized spacial score (nSPS) is 24.5. The molecule has 0 amide bonds. The van der Waals surface area contributed by atoms with Gasteiger partial charge in [0.15, 0.2) is 0 Å². The van der Waals surface area contributed by atoms with Gasteiger partial charge in [0.2, 0.25) is 0 Å². The van der Waals surface area contributed by atoms with E-state index in [0.717, 1.165) is 12.1 Å². The Labute approximate surface area is 165 Å². The van der Waals surface area contributed by atoms with Crippen LogP contribution < -0.4 is 5.19 Å². The van der Waals surface area contributed by atoms with Crippen LogP contribution >= 0.6 is 0 Å². The molecule has 1 aromatic rings. The molecule has 1 saturated heterocycles. The molecule has 0 atom stereocenters. The first-order chi connectivity index (χ1) is 11.6. The average Bonchev–Trinajstić information content (AvgIpc) is 2.41. The smallest absolute Gasteiger partial charge is 0.317 e. The van der Waals surface area contributed by atoms with E-state index >= 15 is 0 Å². The highest BCUT2D eigenvalue weighted by atomic mass is 28.5.